The first-order valence-electron chi connectivity index (χ1n) is 6.53. The Morgan fingerprint density at radius 3 is 2.29 bits per heavy atom. The predicted molar refractivity (Wildman–Crippen MR) is 80.0 cm³/mol. The molecular weight excluding hydrogens is 347 g/mol. The van der Waals surface area contributed by atoms with Crippen LogP contribution in [0.25, 0.3) is 0 Å². The highest BCUT2D eigenvalue weighted by molar-refractivity contribution is 7.92. The van der Waals surface area contributed by atoms with Crippen LogP contribution in [0.4, 0.5) is 18.9 Å². The van der Waals surface area contributed by atoms with E-state index in [9.17, 15) is 26.4 Å². The third-order valence-electron chi connectivity index (χ3n) is 3.43. The van der Waals surface area contributed by atoms with Gasteiger partial charge in [-0.1, -0.05) is 0 Å². The fourth-order valence-corrected chi connectivity index (χ4v) is 3.50. The summed E-state index contributed by atoms with van der Waals surface area (Å²) in [7, 11) is -3.56. The first-order chi connectivity index (χ1) is 11.1. The molecule has 0 aliphatic rings. The van der Waals surface area contributed by atoms with Crippen LogP contribution in [0.5, 0.6) is 0 Å². The largest absolute Gasteiger partial charge is 0.478 e. The van der Waals surface area contributed by atoms with Crippen molar-refractivity contribution in [2.24, 2.45) is 0 Å². The molecule has 1 N–H and O–H groups in total. The van der Waals surface area contributed by atoms with Crippen LogP contribution >= 0.6 is 0 Å². The lowest BCUT2D eigenvalue weighted by Gasteiger charge is -2.21. The van der Waals surface area contributed by atoms with E-state index in [2.05, 4.69) is 0 Å². The Hall–Kier alpha value is -2.55. The van der Waals surface area contributed by atoms with Gasteiger partial charge < -0.3 is 5.11 Å². The van der Waals surface area contributed by atoms with Crippen molar-refractivity contribution in [1.82, 2.24) is 0 Å². The number of aromatic carboxylic acids is 1. The van der Waals surface area contributed by atoms with E-state index in [0.29, 0.717) is 16.4 Å². The number of anilines is 1. The maximum absolute atomic E-state index is 13.9. The first kappa shape index (κ1) is 17.8. The number of sulfonamides is 1. The Bertz CT molecular complexity index is 929. The van der Waals surface area contributed by atoms with Gasteiger partial charge in [-0.05, 0) is 31.2 Å². The van der Waals surface area contributed by atoms with Gasteiger partial charge in [-0.15, -0.1) is 0 Å². The van der Waals surface area contributed by atoms with Crippen molar-refractivity contribution in [3.05, 3.63) is 58.9 Å². The average Bonchev–Trinajstić information content (AvgIpc) is 2.51. The lowest BCUT2D eigenvalue weighted by molar-refractivity contribution is 0.0696. The summed E-state index contributed by atoms with van der Waals surface area (Å²) in [5.74, 6) is -4.43. The van der Waals surface area contributed by atoms with Gasteiger partial charge in [0.25, 0.3) is 10.0 Å². The molecule has 2 rings (SSSR count). The number of hydrogen-bond donors (Lipinski definition) is 1. The van der Waals surface area contributed by atoms with Crippen LogP contribution in [0.3, 0.4) is 0 Å². The zero-order valence-electron chi connectivity index (χ0n) is 12.5. The fraction of sp³-hybridized carbons (Fsp3) is 0.133. The Morgan fingerprint density at radius 1 is 1.08 bits per heavy atom. The topological polar surface area (TPSA) is 74.7 Å². The Kier molecular flexibility index (Phi) is 4.57. The SMILES string of the molecule is Cc1c(F)cc(C(=O)O)cc1S(=O)(=O)N(C)c1cc(F)ccc1F. The standard InChI is InChI=1S/C15H12F3NO4S/c1-8-12(18)5-9(15(20)21)6-14(8)24(22,23)19(2)13-7-10(16)3-4-11(13)17/h3-7H,1-2H3,(H,20,21). The summed E-state index contributed by atoms with van der Waals surface area (Å²) < 4.78 is 66.6. The average molecular weight is 359 g/mol. The molecule has 0 aromatic heterocycles. The van der Waals surface area contributed by atoms with Gasteiger partial charge in [-0.3, -0.25) is 4.31 Å². The van der Waals surface area contributed by atoms with Gasteiger partial charge >= 0.3 is 5.97 Å². The molecule has 0 saturated carbocycles. The molecule has 0 aliphatic heterocycles. The van der Waals surface area contributed by atoms with E-state index in [1.807, 2.05) is 0 Å². The van der Waals surface area contributed by atoms with Gasteiger partial charge in [0.15, 0.2) is 0 Å². The van der Waals surface area contributed by atoms with E-state index in [0.717, 1.165) is 32.2 Å². The van der Waals surface area contributed by atoms with Crippen molar-refractivity contribution in [1.29, 1.82) is 0 Å². The summed E-state index contributed by atoms with van der Waals surface area (Å²) in [6.07, 6.45) is 0. The van der Waals surface area contributed by atoms with Crippen molar-refractivity contribution in [2.45, 2.75) is 11.8 Å². The molecule has 5 nitrogen and oxygen atoms in total. The van der Waals surface area contributed by atoms with Gasteiger partial charge in [-0.2, -0.15) is 0 Å². The van der Waals surface area contributed by atoms with Gasteiger partial charge in [0, 0.05) is 18.7 Å². The van der Waals surface area contributed by atoms with Crippen LogP contribution in [0.15, 0.2) is 35.2 Å². The van der Waals surface area contributed by atoms with Crippen molar-refractivity contribution in [3.8, 4) is 0 Å². The van der Waals surface area contributed by atoms with Crippen LogP contribution in [-0.4, -0.2) is 26.5 Å². The zero-order valence-corrected chi connectivity index (χ0v) is 13.4. The summed E-state index contributed by atoms with van der Waals surface area (Å²) in [6.45, 7) is 1.14. The molecule has 0 saturated heterocycles. The second-order valence-electron chi connectivity index (χ2n) is 4.95. The maximum atomic E-state index is 13.9. The Morgan fingerprint density at radius 2 is 1.71 bits per heavy atom. The number of carboxylic acid groups (broad SMARTS) is 1. The molecule has 24 heavy (non-hydrogen) atoms. The quantitative estimate of drug-likeness (QED) is 0.911. The van der Waals surface area contributed by atoms with Gasteiger partial charge in [-0.25, -0.2) is 26.4 Å². The number of nitrogens with zero attached hydrogens (tertiary/aromatic N) is 1. The van der Waals surface area contributed by atoms with Crippen molar-refractivity contribution >= 4 is 21.7 Å². The number of halogens is 3. The van der Waals surface area contributed by atoms with Gasteiger partial charge in [0.05, 0.1) is 16.1 Å². The third-order valence-corrected chi connectivity index (χ3v) is 5.33. The van der Waals surface area contributed by atoms with Crippen LogP contribution < -0.4 is 4.31 Å². The third kappa shape index (κ3) is 3.07. The minimum absolute atomic E-state index is 0.330. The minimum atomic E-state index is -4.52. The van der Waals surface area contributed by atoms with Gasteiger partial charge in [0.2, 0.25) is 0 Å². The molecule has 2 aromatic carbocycles. The van der Waals surface area contributed by atoms with E-state index in [-0.39, 0.29) is 5.56 Å². The number of carboxylic acids is 1. The number of rotatable bonds is 4. The lowest BCUT2D eigenvalue weighted by atomic mass is 10.1. The molecule has 0 aliphatic carbocycles. The summed E-state index contributed by atoms with van der Waals surface area (Å²) in [6, 6.07) is 3.68. The molecule has 0 heterocycles. The fourth-order valence-electron chi connectivity index (χ4n) is 2.05. The van der Waals surface area contributed by atoms with Crippen molar-refractivity contribution < 1.29 is 31.5 Å². The van der Waals surface area contributed by atoms with Crippen LogP contribution in [-0.2, 0) is 10.0 Å². The molecule has 0 spiro atoms. The first-order valence-corrected chi connectivity index (χ1v) is 7.97. The molecule has 2 aromatic rings. The van der Waals surface area contributed by atoms with E-state index in [1.54, 1.807) is 0 Å². The molecule has 0 amide bonds. The maximum Gasteiger partial charge on any atom is 0.335 e. The molecule has 0 atom stereocenters. The van der Waals surface area contributed by atoms with Crippen molar-refractivity contribution in [3.63, 3.8) is 0 Å². The van der Waals surface area contributed by atoms with Crippen LogP contribution in [0, 0.1) is 24.4 Å². The van der Waals surface area contributed by atoms with E-state index in [1.165, 1.54) is 0 Å². The molecule has 0 fully saturated rings. The zero-order chi connectivity index (χ0) is 18.2. The Balaban J connectivity index is 2.66. The normalized spacial score (nSPS) is 11.4. The van der Waals surface area contributed by atoms with Crippen molar-refractivity contribution in [2.75, 3.05) is 11.4 Å². The van der Waals surface area contributed by atoms with Crippen LogP contribution in [0.1, 0.15) is 15.9 Å². The highest BCUT2D eigenvalue weighted by Crippen LogP contribution is 2.29. The van der Waals surface area contributed by atoms with E-state index in [4.69, 9.17) is 5.11 Å². The Labute approximate surface area is 136 Å². The predicted octanol–water partition coefficient (Wildman–Crippen LogP) is 2.94. The van der Waals surface area contributed by atoms with E-state index >= 15 is 0 Å². The molecule has 0 bridgehead atoms. The minimum Gasteiger partial charge on any atom is -0.478 e. The monoisotopic (exact) mass is 359 g/mol. The number of hydrogen-bond acceptors (Lipinski definition) is 3. The number of carbonyl (C=O) groups is 1. The smallest absolute Gasteiger partial charge is 0.335 e. The molecule has 0 unspecified atom stereocenters. The number of benzene rings is 2. The summed E-state index contributed by atoms with van der Waals surface area (Å²) in [4.78, 5) is 10.4. The highest BCUT2D eigenvalue weighted by Gasteiger charge is 2.28. The molecule has 9 heteroatoms. The molecular formula is C15H12F3NO4S. The second kappa shape index (κ2) is 6.16. The second-order valence-corrected chi connectivity index (χ2v) is 6.89. The van der Waals surface area contributed by atoms with Crippen LogP contribution in [0.2, 0.25) is 0 Å². The summed E-state index contributed by atoms with van der Waals surface area (Å²) in [5.41, 5.74) is -1.50. The lowest BCUT2D eigenvalue weighted by Crippen LogP contribution is -2.28. The summed E-state index contributed by atoms with van der Waals surface area (Å²) in [5, 5.41) is 8.94. The molecule has 0 radical (unpaired) electrons. The van der Waals surface area contributed by atoms with E-state index < -0.39 is 49.6 Å². The summed E-state index contributed by atoms with van der Waals surface area (Å²) >= 11 is 0. The molecule has 128 valence electrons. The highest BCUT2D eigenvalue weighted by atomic mass is 32.2. The van der Waals surface area contributed by atoms with Gasteiger partial charge in [0.1, 0.15) is 17.5 Å².